The molecule has 1 aliphatic heterocycles. The molecular weight excluding hydrogens is 366 g/mol. The summed E-state index contributed by atoms with van der Waals surface area (Å²) in [4.78, 5) is 4.26. The first-order valence-electron chi connectivity index (χ1n) is 8.85. The summed E-state index contributed by atoms with van der Waals surface area (Å²) in [6.45, 7) is 2.41. The van der Waals surface area contributed by atoms with E-state index in [2.05, 4.69) is 27.8 Å². The first-order chi connectivity index (χ1) is 13.2. The van der Waals surface area contributed by atoms with Gasteiger partial charge in [0, 0.05) is 20.1 Å². The predicted molar refractivity (Wildman–Crippen MR) is 107 cm³/mol. The minimum Gasteiger partial charge on any atom is -0.497 e. The van der Waals surface area contributed by atoms with Crippen molar-refractivity contribution >= 4 is 17.6 Å². The molecule has 3 rings (SSSR count). The number of nitrogens with one attached hydrogen (secondary N) is 2. The molecule has 0 spiro atoms. The van der Waals surface area contributed by atoms with Crippen molar-refractivity contribution in [3.05, 3.63) is 52.5 Å². The first-order valence-corrected chi connectivity index (χ1v) is 9.23. The number of nitrogens with zero attached hydrogens (tertiary/aromatic N) is 1. The third-order valence-electron chi connectivity index (χ3n) is 4.21. The number of methoxy groups -OCH3 is 1. The number of aliphatic imine (C=N–C) groups is 1. The minimum absolute atomic E-state index is 0.523. The van der Waals surface area contributed by atoms with E-state index in [1.165, 1.54) is 5.56 Å². The van der Waals surface area contributed by atoms with E-state index in [9.17, 15) is 0 Å². The molecule has 0 unspecified atom stereocenters. The van der Waals surface area contributed by atoms with Crippen LogP contribution in [-0.2, 0) is 13.0 Å². The summed E-state index contributed by atoms with van der Waals surface area (Å²) in [5.74, 6) is 2.90. The Balaban J connectivity index is 1.49. The average molecular weight is 390 g/mol. The summed E-state index contributed by atoms with van der Waals surface area (Å²) in [6, 6.07) is 11.9. The lowest BCUT2D eigenvalue weighted by Crippen LogP contribution is -2.37. The van der Waals surface area contributed by atoms with Crippen LogP contribution < -0.4 is 24.8 Å². The van der Waals surface area contributed by atoms with E-state index in [1.807, 2.05) is 24.3 Å². The second-order valence-electron chi connectivity index (χ2n) is 6.05. The monoisotopic (exact) mass is 389 g/mol. The molecule has 0 bridgehead atoms. The largest absolute Gasteiger partial charge is 0.497 e. The van der Waals surface area contributed by atoms with Gasteiger partial charge in [0.05, 0.1) is 12.1 Å². The number of guanidine groups is 1. The lowest BCUT2D eigenvalue weighted by atomic mass is 10.1. The molecule has 0 fully saturated rings. The number of hydrogen-bond donors (Lipinski definition) is 2. The van der Waals surface area contributed by atoms with Gasteiger partial charge >= 0.3 is 0 Å². The summed E-state index contributed by atoms with van der Waals surface area (Å²) in [5, 5.41) is 7.16. The van der Waals surface area contributed by atoms with Crippen LogP contribution in [0, 0.1) is 0 Å². The normalized spacial score (nSPS) is 13.2. The maximum absolute atomic E-state index is 6.28. The molecule has 0 amide bonds. The number of halogens is 1. The standard InChI is InChI=1S/C20H24ClN3O3/c1-22-20(23-8-7-14-3-5-16(25-2)6-4-14)24-13-15-11-17(21)19-18(12-15)26-9-10-27-19/h3-6,11-12H,7-10,13H2,1-2H3,(H2,22,23,24). The van der Waals surface area contributed by atoms with Crippen molar-refractivity contribution in [2.75, 3.05) is 33.9 Å². The Labute approximate surface area is 164 Å². The van der Waals surface area contributed by atoms with E-state index in [-0.39, 0.29) is 0 Å². The SMILES string of the molecule is CN=C(NCCc1ccc(OC)cc1)NCc1cc(Cl)c2c(c1)OCCO2. The summed E-state index contributed by atoms with van der Waals surface area (Å²) in [6.07, 6.45) is 0.889. The first kappa shape index (κ1) is 19.2. The van der Waals surface area contributed by atoms with Gasteiger partial charge in [-0.2, -0.15) is 0 Å². The van der Waals surface area contributed by atoms with Crippen molar-refractivity contribution in [1.82, 2.24) is 10.6 Å². The van der Waals surface area contributed by atoms with Gasteiger partial charge in [-0.1, -0.05) is 23.7 Å². The van der Waals surface area contributed by atoms with Crippen molar-refractivity contribution < 1.29 is 14.2 Å². The van der Waals surface area contributed by atoms with Gasteiger partial charge < -0.3 is 24.8 Å². The smallest absolute Gasteiger partial charge is 0.191 e. The van der Waals surface area contributed by atoms with Crippen molar-refractivity contribution in [3.63, 3.8) is 0 Å². The highest BCUT2D eigenvalue weighted by molar-refractivity contribution is 6.32. The van der Waals surface area contributed by atoms with Gasteiger partial charge in [0.15, 0.2) is 17.5 Å². The molecule has 0 saturated carbocycles. The summed E-state index contributed by atoms with van der Waals surface area (Å²) in [7, 11) is 3.42. The van der Waals surface area contributed by atoms with Crippen molar-refractivity contribution in [2.24, 2.45) is 4.99 Å². The van der Waals surface area contributed by atoms with Gasteiger partial charge in [0.25, 0.3) is 0 Å². The van der Waals surface area contributed by atoms with Crippen LogP contribution in [0.25, 0.3) is 0 Å². The van der Waals surface area contributed by atoms with Gasteiger partial charge in [-0.05, 0) is 41.8 Å². The molecule has 0 aliphatic carbocycles. The highest BCUT2D eigenvalue weighted by atomic mass is 35.5. The molecule has 0 atom stereocenters. The average Bonchev–Trinajstić information content (AvgIpc) is 2.71. The molecule has 1 aliphatic rings. The summed E-state index contributed by atoms with van der Waals surface area (Å²) in [5.41, 5.74) is 2.24. The van der Waals surface area contributed by atoms with Crippen LogP contribution in [0.4, 0.5) is 0 Å². The summed E-state index contributed by atoms with van der Waals surface area (Å²) < 4.78 is 16.3. The zero-order valence-electron chi connectivity index (χ0n) is 15.5. The molecule has 2 aromatic rings. The van der Waals surface area contributed by atoms with E-state index in [0.29, 0.717) is 36.3 Å². The Morgan fingerprint density at radius 3 is 2.63 bits per heavy atom. The Kier molecular flexibility index (Phi) is 6.65. The summed E-state index contributed by atoms with van der Waals surface area (Å²) >= 11 is 6.28. The Morgan fingerprint density at radius 2 is 1.89 bits per heavy atom. The van der Waals surface area contributed by atoms with Gasteiger partial charge in [-0.15, -0.1) is 0 Å². The third kappa shape index (κ3) is 5.20. The number of hydrogen-bond acceptors (Lipinski definition) is 4. The van der Waals surface area contributed by atoms with Crippen LogP contribution in [0.5, 0.6) is 17.2 Å². The van der Waals surface area contributed by atoms with Crippen molar-refractivity contribution in [3.8, 4) is 17.2 Å². The van der Waals surface area contributed by atoms with Gasteiger partial charge in [-0.3, -0.25) is 4.99 Å². The van der Waals surface area contributed by atoms with Gasteiger partial charge in [-0.25, -0.2) is 0 Å². The molecule has 2 N–H and O–H groups in total. The molecule has 0 saturated heterocycles. The number of fused-ring (bicyclic) bond motifs is 1. The predicted octanol–water partition coefficient (Wildman–Crippen LogP) is 3.03. The molecule has 1 heterocycles. The Hall–Kier alpha value is -2.60. The quantitative estimate of drug-likeness (QED) is 0.587. The molecule has 27 heavy (non-hydrogen) atoms. The molecular formula is C20H24ClN3O3. The fourth-order valence-electron chi connectivity index (χ4n) is 2.79. The topological polar surface area (TPSA) is 64.1 Å². The van der Waals surface area contributed by atoms with Crippen LogP contribution in [-0.4, -0.2) is 39.9 Å². The Bertz CT molecular complexity index is 794. The second kappa shape index (κ2) is 9.37. The zero-order chi connectivity index (χ0) is 19.1. The lowest BCUT2D eigenvalue weighted by molar-refractivity contribution is 0.171. The van der Waals surface area contributed by atoms with Crippen LogP contribution in [0.2, 0.25) is 5.02 Å². The molecule has 144 valence electrons. The highest BCUT2D eigenvalue weighted by Gasteiger charge is 2.16. The Morgan fingerprint density at radius 1 is 1.11 bits per heavy atom. The van der Waals surface area contributed by atoms with E-state index in [1.54, 1.807) is 14.2 Å². The zero-order valence-corrected chi connectivity index (χ0v) is 16.3. The fourth-order valence-corrected chi connectivity index (χ4v) is 3.08. The van der Waals surface area contributed by atoms with E-state index >= 15 is 0 Å². The third-order valence-corrected chi connectivity index (χ3v) is 4.49. The lowest BCUT2D eigenvalue weighted by Gasteiger charge is -2.20. The van der Waals surface area contributed by atoms with E-state index in [4.69, 9.17) is 25.8 Å². The second-order valence-corrected chi connectivity index (χ2v) is 6.46. The maximum atomic E-state index is 6.28. The highest BCUT2D eigenvalue weighted by Crippen LogP contribution is 2.38. The van der Waals surface area contributed by atoms with Crippen LogP contribution >= 0.6 is 11.6 Å². The van der Waals surface area contributed by atoms with Crippen LogP contribution in [0.1, 0.15) is 11.1 Å². The molecule has 7 heteroatoms. The van der Waals surface area contributed by atoms with Crippen molar-refractivity contribution in [2.45, 2.75) is 13.0 Å². The fraction of sp³-hybridized carbons (Fsp3) is 0.350. The number of rotatable bonds is 6. The molecule has 0 radical (unpaired) electrons. The van der Waals surface area contributed by atoms with Crippen molar-refractivity contribution in [1.29, 1.82) is 0 Å². The number of ether oxygens (including phenoxy) is 3. The minimum atomic E-state index is 0.523. The van der Waals surface area contributed by atoms with E-state index in [0.717, 1.165) is 30.2 Å². The van der Waals surface area contributed by atoms with Gasteiger partial charge in [0.2, 0.25) is 0 Å². The molecule has 0 aromatic heterocycles. The molecule has 2 aromatic carbocycles. The van der Waals surface area contributed by atoms with Gasteiger partial charge in [0.1, 0.15) is 19.0 Å². The number of benzene rings is 2. The van der Waals surface area contributed by atoms with Crippen LogP contribution in [0.3, 0.4) is 0 Å². The van der Waals surface area contributed by atoms with Crippen LogP contribution in [0.15, 0.2) is 41.4 Å². The maximum Gasteiger partial charge on any atom is 0.191 e. The van der Waals surface area contributed by atoms with E-state index < -0.39 is 0 Å². The molecule has 6 nitrogen and oxygen atoms in total.